The van der Waals surface area contributed by atoms with Gasteiger partial charge in [-0.3, -0.25) is 4.79 Å². The van der Waals surface area contributed by atoms with Crippen LogP contribution >= 0.6 is 0 Å². The summed E-state index contributed by atoms with van der Waals surface area (Å²) in [6.45, 7) is 3.83. The Kier molecular flexibility index (Phi) is 2.68. The molecule has 1 amide bonds. The average molecular weight is 220 g/mol. The summed E-state index contributed by atoms with van der Waals surface area (Å²) in [5, 5.41) is 0. The lowest BCUT2D eigenvalue weighted by molar-refractivity contribution is -0.129. The van der Waals surface area contributed by atoms with Gasteiger partial charge in [0.15, 0.2) is 0 Å². The third-order valence-corrected chi connectivity index (χ3v) is 2.89. The number of aromatic nitrogens is 1. The van der Waals surface area contributed by atoms with Gasteiger partial charge < -0.3 is 15.5 Å². The number of carbonyl (C=O) groups excluding carboxylic acids is 1. The van der Waals surface area contributed by atoms with Crippen molar-refractivity contribution in [3.05, 3.63) is 17.8 Å². The van der Waals surface area contributed by atoms with E-state index in [1.807, 2.05) is 31.0 Å². The summed E-state index contributed by atoms with van der Waals surface area (Å²) in [6.07, 6.45) is 0. The van der Waals surface area contributed by atoms with E-state index >= 15 is 0 Å². The second kappa shape index (κ2) is 4.00. The number of piperazine rings is 1. The number of hydrogen-bond donors (Lipinski definition) is 1. The summed E-state index contributed by atoms with van der Waals surface area (Å²) in [6, 6.07) is 3.70. The molecule has 5 nitrogen and oxygen atoms in total. The maximum Gasteiger partial charge on any atom is 0.241 e. The van der Waals surface area contributed by atoms with Crippen molar-refractivity contribution in [1.29, 1.82) is 0 Å². The fourth-order valence-corrected chi connectivity index (χ4v) is 1.69. The van der Waals surface area contributed by atoms with Crippen molar-refractivity contribution in [1.82, 2.24) is 9.88 Å². The van der Waals surface area contributed by atoms with Gasteiger partial charge in [0.25, 0.3) is 0 Å². The van der Waals surface area contributed by atoms with Crippen LogP contribution in [0.1, 0.15) is 5.69 Å². The first kappa shape index (κ1) is 10.7. The van der Waals surface area contributed by atoms with E-state index in [0.717, 1.165) is 24.6 Å². The molecule has 1 aromatic rings. The molecule has 0 bridgehead atoms. The third-order valence-electron chi connectivity index (χ3n) is 2.89. The Morgan fingerprint density at radius 1 is 1.38 bits per heavy atom. The van der Waals surface area contributed by atoms with Crippen LogP contribution < -0.4 is 10.6 Å². The van der Waals surface area contributed by atoms with Crippen LogP contribution in [-0.2, 0) is 4.79 Å². The number of nitrogens with zero attached hydrogens (tertiary/aromatic N) is 3. The highest BCUT2D eigenvalue weighted by molar-refractivity contribution is 5.82. The molecule has 0 aliphatic carbocycles. The van der Waals surface area contributed by atoms with E-state index in [-0.39, 0.29) is 5.91 Å². The zero-order valence-corrected chi connectivity index (χ0v) is 9.60. The molecular weight excluding hydrogens is 204 g/mol. The number of amides is 1. The Morgan fingerprint density at radius 3 is 2.75 bits per heavy atom. The Labute approximate surface area is 94.9 Å². The van der Waals surface area contributed by atoms with Crippen molar-refractivity contribution in [2.75, 3.05) is 37.3 Å². The number of carbonyl (C=O) groups is 1. The van der Waals surface area contributed by atoms with Gasteiger partial charge in [0, 0.05) is 20.1 Å². The van der Waals surface area contributed by atoms with E-state index in [2.05, 4.69) is 4.98 Å². The topological polar surface area (TPSA) is 62.5 Å². The monoisotopic (exact) mass is 220 g/mol. The van der Waals surface area contributed by atoms with E-state index in [9.17, 15) is 4.79 Å². The molecule has 1 fully saturated rings. The Morgan fingerprint density at radius 2 is 2.12 bits per heavy atom. The van der Waals surface area contributed by atoms with Crippen LogP contribution in [-0.4, -0.2) is 42.5 Å². The van der Waals surface area contributed by atoms with Gasteiger partial charge in [0.1, 0.15) is 5.82 Å². The smallest absolute Gasteiger partial charge is 0.241 e. The van der Waals surface area contributed by atoms with Crippen molar-refractivity contribution in [2.24, 2.45) is 0 Å². The fraction of sp³-hybridized carbons (Fsp3) is 0.455. The lowest BCUT2D eigenvalue weighted by Crippen LogP contribution is -2.48. The van der Waals surface area contributed by atoms with E-state index in [1.54, 1.807) is 4.90 Å². The Bertz CT molecular complexity index is 418. The van der Waals surface area contributed by atoms with Crippen LogP contribution in [0.3, 0.4) is 0 Å². The number of anilines is 2. The van der Waals surface area contributed by atoms with Gasteiger partial charge in [-0.1, -0.05) is 0 Å². The van der Waals surface area contributed by atoms with Gasteiger partial charge in [0.05, 0.1) is 17.9 Å². The van der Waals surface area contributed by atoms with E-state index in [1.165, 1.54) is 0 Å². The second-order valence-electron chi connectivity index (χ2n) is 4.08. The van der Waals surface area contributed by atoms with Crippen LogP contribution in [0.4, 0.5) is 11.5 Å². The predicted octanol–water partition coefficient (Wildman–Crippen LogP) is 0.251. The first-order chi connectivity index (χ1) is 7.58. The summed E-state index contributed by atoms with van der Waals surface area (Å²) < 4.78 is 0. The highest BCUT2D eigenvalue weighted by Gasteiger charge is 2.21. The van der Waals surface area contributed by atoms with Gasteiger partial charge >= 0.3 is 0 Å². The molecule has 0 radical (unpaired) electrons. The lowest BCUT2D eigenvalue weighted by atomic mass is 10.2. The minimum atomic E-state index is 0.127. The third kappa shape index (κ3) is 1.93. The molecule has 2 N–H and O–H groups in total. The van der Waals surface area contributed by atoms with Crippen LogP contribution in [0.15, 0.2) is 12.1 Å². The number of aryl methyl sites for hydroxylation is 1. The van der Waals surface area contributed by atoms with Crippen molar-refractivity contribution >= 4 is 17.4 Å². The minimum absolute atomic E-state index is 0.127. The maximum absolute atomic E-state index is 11.6. The van der Waals surface area contributed by atoms with Crippen molar-refractivity contribution in [2.45, 2.75) is 6.92 Å². The molecule has 0 unspecified atom stereocenters. The first-order valence-corrected chi connectivity index (χ1v) is 5.30. The minimum Gasteiger partial charge on any atom is -0.397 e. The zero-order chi connectivity index (χ0) is 11.7. The van der Waals surface area contributed by atoms with Gasteiger partial charge in [-0.15, -0.1) is 0 Å². The highest BCUT2D eigenvalue weighted by atomic mass is 16.2. The molecule has 1 aromatic heterocycles. The Hall–Kier alpha value is -1.78. The van der Waals surface area contributed by atoms with E-state index in [0.29, 0.717) is 12.2 Å². The number of nitrogen functional groups attached to an aromatic ring is 1. The molecule has 1 saturated heterocycles. The summed E-state index contributed by atoms with van der Waals surface area (Å²) in [7, 11) is 1.82. The quantitative estimate of drug-likeness (QED) is 0.737. The molecule has 1 aliphatic heterocycles. The van der Waals surface area contributed by atoms with E-state index < -0.39 is 0 Å². The number of nitrogens with two attached hydrogens (primary N) is 1. The molecule has 2 rings (SSSR count). The van der Waals surface area contributed by atoms with Crippen LogP contribution in [0.25, 0.3) is 0 Å². The molecule has 0 spiro atoms. The summed E-state index contributed by atoms with van der Waals surface area (Å²) in [5.41, 5.74) is 7.21. The zero-order valence-electron chi connectivity index (χ0n) is 9.60. The van der Waals surface area contributed by atoms with Gasteiger partial charge in [-0.25, -0.2) is 4.98 Å². The molecule has 0 saturated carbocycles. The van der Waals surface area contributed by atoms with Gasteiger partial charge in [0.2, 0.25) is 5.91 Å². The van der Waals surface area contributed by atoms with Crippen molar-refractivity contribution in [3.63, 3.8) is 0 Å². The number of pyridine rings is 1. The van der Waals surface area contributed by atoms with Gasteiger partial charge in [-0.2, -0.15) is 0 Å². The molecule has 1 aliphatic rings. The Balaban J connectivity index is 2.18. The van der Waals surface area contributed by atoms with Crippen molar-refractivity contribution < 1.29 is 4.79 Å². The van der Waals surface area contributed by atoms with E-state index in [4.69, 9.17) is 5.73 Å². The van der Waals surface area contributed by atoms with Crippen LogP contribution in [0, 0.1) is 6.92 Å². The molecular formula is C11H16N4O. The molecule has 2 heterocycles. The summed E-state index contributed by atoms with van der Waals surface area (Å²) in [4.78, 5) is 19.7. The molecule has 16 heavy (non-hydrogen) atoms. The normalized spacial score (nSPS) is 16.8. The SMILES string of the molecule is Cc1nc(N2CCN(C)C(=O)C2)ccc1N. The average Bonchev–Trinajstić information content (AvgIpc) is 2.26. The molecule has 86 valence electrons. The molecule has 0 aromatic carbocycles. The van der Waals surface area contributed by atoms with Gasteiger partial charge in [-0.05, 0) is 19.1 Å². The number of likely N-dealkylation sites (N-methyl/N-ethyl adjacent to an activating group) is 1. The molecule has 5 heteroatoms. The number of hydrogen-bond acceptors (Lipinski definition) is 4. The highest BCUT2D eigenvalue weighted by Crippen LogP contribution is 2.17. The largest absolute Gasteiger partial charge is 0.397 e. The predicted molar refractivity (Wildman–Crippen MR) is 63.2 cm³/mol. The number of rotatable bonds is 1. The fourth-order valence-electron chi connectivity index (χ4n) is 1.69. The summed E-state index contributed by atoms with van der Waals surface area (Å²) >= 11 is 0. The first-order valence-electron chi connectivity index (χ1n) is 5.30. The van der Waals surface area contributed by atoms with Crippen molar-refractivity contribution in [3.8, 4) is 0 Å². The van der Waals surface area contributed by atoms with Crippen LogP contribution in [0.2, 0.25) is 0 Å². The van der Waals surface area contributed by atoms with Crippen LogP contribution in [0.5, 0.6) is 0 Å². The second-order valence-corrected chi connectivity index (χ2v) is 4.08. The lowest BCUT2D eigenvalue weighted by Gasteiger charge is -2.32. The maximum atomic E-state index is 11.6. The standard InChI is InChI=1S/C11H16N4O/c1-8-9(12)3-4-10(13-8)15-6-5-14(2)11(16)7-15/h3-4H,5-7,12H2,1-2H3. The molecule has 0 atom stereocenters. The summed E-state index contributed by atoms with van der Waals surface area (Å²) in [5.74, 6) is 0.954.